The molecular formula is C15H19BrClFN2O. The van der Waals surface area contributed by atoms with Crippen LogP contribution in [0.2, 0.25) is 0 Å². The molecule has 116 valence electrons. The van der Waals surface area contributed by atoms with Crippen molar-refractivity contribution in [2.75, 3.05) is 13.1 Å². The molecule has 1 heterocycles. The van der Waals surface area contributed by atoms with Crippen LogP contribution in [0.15, 0.2) is 22.7 Å². The number of nitrogens with zero attached hydrogens (tertiary/aromatic N) is 1. The highest BCUT2D eigenvalue weighted by atomic mass is 79.9. The first-order valence-electron chi connectivity index (χ1n) is 7.06. The van der Waals surface area contributed by atoms with Crippen molar-refractivity contribution in [2.24, 2.45) is 17.6 Å². The molecule has 2 fully saturated rings. The topological polar surface area (TPSA) is 46.3 Å². The number of nitrogens with two attached hydrogens (primary N) is 1. The molecule has 2 aliphatic rings. The van der Waals surface area contributed by atoms with Gasteiger partial charge < -0.3 is 10.6 Å². The van der Waals surface area contributed by atoms with Crippen LogP contribution >= 0.6 is 28.3 Å². The maximum Gasteiger partial charge on any atom is 0.256 e. The second-order valence-electron chi connectivity index (χ2n) is 5.85. The molecule has 3 rings (SSSR count). The maximum atomic E-state index is 13.8. The molecule has 1 aliphatic carbocycles. The van der Waals surface area contributed by atoms with E-state index in [1.54, 1.807) is 17.0 Å². The number of carbonyl (C=O) groups is 1. The molecule has 1 saturated carbocycles. The summed E-state index contributed by atoms with van der Waals surface area (Å²) in [6.07, 6.45) is 3.30. The minimum Gasteiger partial charge on any atom is -0.338 e. The molecule has 1 aromatic rings. The highest BCUT2D eigenvalue weighted by Gasteiger charge is 2.40. The molecule has 0 spiro atoms. The Labute approximate surface area is 138 Å². The summed E-state index contributed by atoms with van der Waals surface area (Å²) in [6, 6.07) is 4.66. The molecular weight excluding hydrogens is 359 g/mol. The van der Waals surface area contributed by atoms with E-state index in [0.29, 0.717) is 24.9 Å². The number of hydrogen-bond donors (Lipinski definition) is 1. The molecule has 3 nitrogen and oxygen atoms in total. The van der Waals surface area contributed by atoms with Crippen LogP contribution in [0.25, 0.3) is 0 Å². The Morgan fingerprint density at radius 3 is 2.81 bits per heavy atom. The van der Waals surface area contributed by atoms with Gasteiger partial charge in [-0.1, -0.05) is 22.4 Å². The van der Waals surface area contributed by atoms with Crippen LogP contribution in [-0.2, 0) is 0 Å². The zero-order chi connectivity index (χ0) is 14.3. The van der Waals surface area contributed by atoms with Gasteiger partial charge in [-0.05, 0) is 42.9 Å². The van der Waals surface area contributed by atoms with Crippen LogP contribution in [0.4, 0.5) is 4.39 Å². The van der Waals surface area contributed by atoms with Gasteiger partial charge in [0.1, 0.15) is 5.82 Å². The van der Waals surface area contributed by atoms with E-state index in [0.717, 1.165) is 23.7 Å². The lowest BCUT2D eigenvalue weighted by molar-refractivity contribution is 0.0778. The van der Waals surface area contributed by atoms with Gasteiger partial charge in [-0.15, -0.1) is 12.4 Å². The SMILES string of the molecule is Cl.NC1CCCC2CN(C(=O)c3cc(Br)ccc3F)CC12. The van der Waals surface area contributed by atoms with E-state index in [9.17, 15) is 9.18 Å². The van der Waals surface area contributed by atoms with Crippen LogP contribution in [0.3, 0.4) is 0 Å². The van der Waals surface area contributed by atoms with Crippen LogP contribution in [0, 0.1) is 17.7 Å². The standard InChI is InChI=1S/C15H18BrFN2O.ClH/c16-10-4-5-13(17)11(6-10)15(20)19-7-9-2-1-3-14(18)12(9)8-19;/h4-6,9,12,14H,1-3,7-8,18H2;1H. The monoisotopic (exact) mass is 376 g/mol. The van der Waals surface area contributed by atoms with E-state index in [-0.39, 0.29) is 29.9 Å². The number of amides is 1. The number of fused-ring (bicyclic) bond motifs is 1. The van der Waals surface area contributed by atoms with Crippen molar-refractivity contribution in [3.05, 3.63) is 34.1 Å². The van der Waals surface area contributed by atoms with E-state index < -0.39 is 5.82 Å². The fourth-order valence-corrected chi connectivity index (χ4v) is 3.88. The minimum absolute atomic E-state index is 0. The van der Waals surface area contributed by atoms with Crippen molar-refractivity contribution in [1.29, 1.82) is 0 Å². The van der Waals surface area contributed by atoms with Crippen LogP contribution in [0.5, 0.6) is 0 Å². The van der Waals surface area contributed by atoms with Gasteiger partial charge in [-0.3, -0.25) is 4.79 Å². The van der Waals surface area contributed by atoms with Crippen molar-refractivity contribution in [3.63, 3.8) is 0 Å². The number of benzene rings is 1. The van der Waals surface area contributed by atoms with E-state index >= 15 is 0 Å². The molecule has 1 saturated heterocycles. The highest BCUT2D eigenvalue weighted by molar-refractivity contribution is 9.10. The normalized spacial score (nSPS) is 28.0. The Kier molecular flexibility index (Phi) is 5.28. The Balaban J connectivity index is 0.00000161. The third-order valence-electron chi connectivity index (χ3n) is 4.60. The summed E-state index contributed by atoms with van der Waals surface area (Å²) in [5.74, 6) is 0.184. The smallest absolute Gasteiger partial charge is 0.256 e. The van der Waals surface area contributed by atoms with Crippen molar-refractivity contribution >= 4 is 34.2 Å². The predicted octanol–water partition coefficient (Wildman–Crippen LogP) is 3.21. The van der Waals surface area contributed by atoms with E-state index in [2.05, 4.69) is 15.9 Å². The summed E-state index contributed by atoms with van der Waals surface area (Å²) in [5, 5.41) is 0. The zero-order valence-electron chi connectivity index (χ0n) is 11.6. The highest BCUT2D eigenvalue weighted by Crippen LogP contribution is 2.36. The Bertz CT molecular complexity index is 542. The largest absolute Gasteiger partial charge is 0.338 e. The summed E-state index contributed by atoms with van der Waals surface area (Å²) in [5.41, 5.74) is 6.30. The molecule has 3 atom stereocenters. The molecule has 0 bridgehead atoms. The lowest BCUT2D eigenvalue weighted by Crippen LogP contribution is -2.38. The van der Waals surface area contributed by atoms with Gasteiger partial charge in [0.05, 0.1) is 5.56 Å². The predicted molar refractivity (Wildman–Crippen MR) is 86.1 cm³/mol. The molecule has 0 aromatic heterocycles. The second kappa shape index (κ2) is 6.63. The summed E-state index contributed by atoms with van der Waals surface area (Å²) in [4.78, 5) is 14.3. The summed E-state index contributed by atoms with van der Waals surface area (Å²) >= 11 is 3.29. The van der Waals surface area contributed by atoms with Crippen molar-refractivity contribution in [1.82, 2.24) is 4.90 Å². The van der Waals surface area contributed by atoms with Gasteiger partial charge in [-0.2, -0.15) is 0 Å². The van der Waals surface area contributed by atoms with E-state index in [1.165, 1.54) is 6.07 Å². The zero-order valence-corrected chi connectivity index (χ0v) is 14.0. The lowest BCUT2D eigenvalue weighted by Gasteiger charge is -2.29. The first-order valence-corrected chi connectivity index (χ1v) is 7.85. The van der Waals surface area contributed by atoms with Crippen LogP contribution < -0.4 is 5.73 Å². The third kappa shape index (κ3) is 3.25. The van der Waals surface area contributed by atoms with Crippen LogP contribution in [0.1, 0.15) is 29.6 Å². The summed E-state index contributed by atoms with van der Waals surface area (Å²) in [6.45, 7) is 1.37. The van der Waals surface area contributed by atoms with Gasteiger partial charge in [0.2, 0.25) is 0 Å². The number of rotatable bonds is 1. The van der Waals surface area contributed by atoms with E-state index in [4.69, 9.17) is 5.73 Å². The molecule has 21 heavy (non-hydrogen) atoms. The van der Waals surface area contributed by atoms with Gasteiger partial charge >= 0.3 is 0 Å². The van der Waals surface area contributed by atoms with Gasteiger partial charge in [0.25, 0.3) is 5.91 Å². The molecule has 0 radical (unpaired) electrons. The fraction of sp³-hybridized carbons (Fsp3) is 0.533. The molecule has 1 amide bonds. The Hall–Kier alpha value is -0.650. The molecule has 3 unspecified atom stereocenters. The number of carbonyl (C=O) groups excluding carboxylic acids is 1. The molecule has 2 N–H and O–H groups in total. The number of likely N-dealkylation sites (tertiary alicyclic amines) is 1. The van der Waals surface area contributed by atoms with E-state index in [1.807, 2.05) is 0 Å². The van der Waals surface area contributed by atoms with Crippen molar-refractivity contribution < 1.29 is 9.18 Å². The number of hydrogen-bond acceptors (Lipinski definition) is 2. The summed E-state index contributed by atoms with van der Waals surface area (Å²) in [7, 11) is 0. The van der Waals surface area contributed by atoms with Gasteiger partial charge in [0, 0.05) is 23.6 Å². The van der Waals surface area contributed by atoms with Crippen molar-refractivity contribution in [2.45, 2.75) is 25.3 Å². The average molecular weight is 378 g/mol. The first-order chi connectivity index (χ1) is 9.56. The Morgan fingerprint density at radius 1 is 1.33 bits per heavy atom. The molecule has 1 aromatic carbocycles. The fourth-order valence-electron chi connectivity index (χ4n) is 3.51. The van der Waals surface area contributed by atoms with Crippen molar-refractivity contribution in [3.8, 4) is 0 Å². The van der Waals surface area contributed by atoms with Gasteiger partial charge in [0.15, 0.2) is 0 Å². The minimum atomic E-state index is -0.461. The third-order valence-corrected chi connectivity index (χ3v) is 5.09. The quantitative estimate of drug-likeness (QED) is 0.817. The average Bonchev–Trinajstić information content (AvgIpc) is 2.86. The molecule has 6 heteroatoms. The number of halogens is 3. The lowest BCUT2D eigenvalue weighted by atomic mass is 9.78. The second-order valence-corrected chi connectivity index (χ2v) is 6.77. The Morgan fingerprint density at radius 2 is 2.10 bits per heavy atom. The van der Waals surface area contributed by atoms with Crippen LogP contribution in [-0.4, -0.2) is 29.9 Å². The molecule has 1 aliphatic heterocycles. The summed E-state index contributed by atoms with van der Waals surface area (Å²) < 4.78 is 14.5. The first kappa shape index (κ1) is 16.7. The maximum absolute atomic E-state index is 13.8. The van der Waals surface area contributed by atoms with Gasteiger partial charge in [-0.25, -0.2) is 4.39 Å².